The molecule has 5 heteroatoms. The van der Waals surface area contributed by atoms with Crippen molar-refractivity contribution in [3.63, 3.8) is 0 Å². The third kappa shape index (κ3) is 3.87. The lowest BCUT2D eigenvalue weighted by Crippen LogP contribution is -2.14. The Hall–Kier alpha value is -1.10. The average molecular weight is 277 g/mol. The zero-order valence-electron chi connectivity index (χ0n) is 8.13. The van der Waals surface area contributed by atoms with Gasteiger partial charge in [-0.05, 0) is 35.0 Å². The topological polar surface area (TPSA) is 35.5 Å². The van der Waals surface area contributed by atoms with Gasteiger partial charge in [-0.25, -0.2) is 9.18 Å². The van der Waals surface area contributed by atoms with E-state index in [1.807, 2.05) is 0 Å². The maximum Gasteiger partial charge on any atom is 0.344 e. The Morgan fingerprint density at radius 3 is 2.87 bits per heavy atom. The summed E-state index contributed by atoms with van der Waals surface area (Å²) in [6.07, 6.45) is 0. The van der Waals surface area contributed by atoms with Crippen molar-refractivity contribution in [3.05, 3.63) is 28.5 Å². The molecule has 0 aliphatic heterocycles. The van der Waals surface area contributed by atoms with Gasteiger partial charge in [0, 0.05) is 6.07 Å². The maximum absolute atomic E-state index is 13.0. The van der Waals surface area contributed by atoms with Gasteiger partial charge in [0.25, 0.3) is 0 Å². The Morgan fingerprint density at radius 2 is 2.27 bits per heavy atom. The van der Waals surface area contributed by atoms with E-state index in [1.165, 1.54) is 12.1 Å². The van der Waals surface area contributed by atoms with Gasteiger partial charge in [-0.2, -0.15) is 0 Å². The van der Waals surface area contributed by atoms with Crippen LogP contribution < -0.4 is 4.74 Å². The second-order valence-electron chi connectivity index (χ2n) is 2.67. The van der Waals surface area contributed by atoms with Crippen LogP contribution in [-0.4, -0.2) is 19.2 Å². The minimum Gasteiger partial charge on any atom is -0.482 e. The summed E-state index contributed by atoms with van der Waals surface area (Å²) >= 11 is 3.01. The van der Waals surface area contributed by atoms with Crippen LogP contribution in [0.3, 0.4) is 0 Å². The quantitative estimate of drug-likeness (QED) is 0.793. The zero-order chi connectivity index (χ0) is 11.3. The minimum absolute atomic E-state index is 0.213. The molecule has 0 aromatic heterocycles. The number of rotatable bonds is 4. The predicted octanol–water partition coefficient (Wildman–Crippen LogP) is 2.53. The zero-order valence-corrected chi connectivity index (χ0v) is 9.71. The Labute approximate surface area is 95.3 Å². The van der Waals surface area contributed by atoms with Crippen molar-refractivity contribution in [2.24, 2.45) is 0 Å². The van der Waals surface area contributed by atoms with Gasteiger partial charge < -0.3 is 9.47 Å². The first kappa shape index (κ1) is 12.0. The smallest absolute Gasteiger partial charge is 0.344 e. The van der Waals surface area contributed by atoms with Crippen LogP contribution in [0.25, 0.3) is 0 Å². The first-order chi connectivity index (χ1) is 7.13. The van der Waals surface area contributed by atoms with Gasteiger partial charge >= 0.3 is 5.97 Å². The van der Waals surface area contributed by atoms with E-state index in [0.29, 0.717) is 16.8 Å². The molecule has 0 bridgehead atoms. The van der Waals surface area contributed by atoms with Gasteiger partial charge in [-0.1, -0.05) is 0 Å². The minimum atomic E-state index is -0.471. The van der Waals surface area contributed by atoms with Crippen LogP contribution in [0, 0.1) is 5.82 Å². The van der Waals surface area contributed by atoms with Crippen molar-refractivity contribution in [3.8, 4) is 5.75 Å². The lowest BCUT2D eigenvalue weighted by molar-refractivity contribution is -0.145. The molecule has 1 aromatic rings. The van der Waals surface area contributed by atoms with Crippen LogP contribution in [0.4, 0.5) is 4.39 Å². The number of carbonyl (C=O) groups excluding carboxylic acids is 1. The van der Waals surface area contributed by atoms with E-state index in [2.05, 4.69) is 20.7 Å². The van der Waals surface area contributed by atoms with Gasteiger partial charge in [-0.3, -0.25) is 0 Å². The molecule has 3 nitrogen and oxygen atoms in total. The molecule has 0 aliphatic rings. The van der Waals surface area contributed by atoms with Gasteiger partial charge in [0.05, 0.1) is 11.1 Å². The number of hydrogen-bond donors (Lipinski definition) is 0. The largest absolute Gasteiger partial charge is 0.482 e. The predicted molar refractivity (Wildman–Crippen MR) is 56.2 cm³/mol. The number of esters is 1. The molecule has 0 aliphatic carbocycles. The van der Waals surface area contributed by atoms with Crippen molar-refractivity contribution in [1.82, 2.24) is 0 Å². The lowest BCUT2D eigenvalue weighted by Gasteiger charge is -2.05. The van der Waals surface area contributed by atoms with E-state index < -0.39 is 11.8 Å². The van der Waals surface area contributed by atoms with Gasteiger partial charge in [-0.15, -0.1) is 0 Å². The molecule has 15 heavy (non-hydrogen) atoms. The molecule has 1 rings (SSSR count). The van der Waals surface area contributed by atoms with Crippen LogP contribution >= 0.6 is 15.9 Å². The number of benzene rings is 1. The molecule has 0 fully saturated rings. The van der Waals surface area contributed by atoms with E-state index in [1.54, 1.807) is 13.0 Å². The van der Waals surface area contributed by atoms with Crippen molar-refractivity contribution in [2.45, 2.75) is 6.92 Å². The summed E-state index contributed by atoms with van der Waals surface area (Å²) < 4.78 is 23.0. The van der Waals surface area contributed by atoms with Crippen molar-refractivity contribution in [1.29, 1.82) is 0 Å². The Bertz CT molecular complexity index is 355. The molecular weight excluding hydrogens is 267 g/mol. The van der Waals surface area contributed by atoms with Crippen LogP contribution in [0.1, 0.15) is 6.92 Å². The lowest BCUT2D eigenvalue weighted by atomic mass is 10.3. The normalized spacial score (nSPS) is 9.80. The van der Waals surface area contributed by atoms with E-state index >= 15 is 0 Å². The molecule has 0 saturated carbocycles. The van der Waals surface area contributed by atoms with Crippen LogP contribution in [0.2, 0.25) is 0 Å². The van der Waals surface area contributed by atoms with E-state index in [4.69, 9.17) is 4.74 Å². The third-order valence-corrected chi connectivity index (χ3v) is 2.20. The number of halogens is 2. The summed E-state index contributed by atoms with van der Waals surface area (Å²) in [5.74, 6) is -0.610. The standard InChI is InChI=1S/C10H10BrFO3/c1-2-14-10(13)6-15-7-3-4-8(11)9(12)5-7/h3-5H,2,6H2,1H3. The van der Waals surface area contributed by atoms with E-state index in [0.717, 1.165) is 0 Å². The fraction of sp³-hybridized carbons (Fsp3) is 0.300. The highest BCUT2D eigenvalue weighted by Crippen LogP contribution is 2.20. The third-order valence-electron chi connectivity index (χ3n) is 1.55. The summed E-state index contributed by atoms with van der Waals surface area (Å²) in [6, 6.07) is 4.27. The summed E-state index contributed by atoms with van der Waals surface area (Å²) in [4.78, 5) is 10.9. The van der Waals surface area contributed by atoms with Crippen LogP contribution in [0.15, 0.2) is 22.7 Å². The monoisotopic (exact) mass is 276 g/mol. The molecular formula is C10H10BrFO3. The molecule has 0 unspecified atom stereocenters. The summed E-state index contributed by atoms with van der Waals surface area (Å²) in [5, 5.41) is 0. The molecule has 0 amide bonds. The fourth-order valence-corrected chi connectivity index (χ4v) is 1.16. The number of carbonyl (C=O) groups is 1. The van der Waals surface area contributed by atoms with E-state index in [-0.39, 0.29) is 6.61 Å². The summed E-state index contributed by atoms with van der Waals surface area (Å²) in [7, 11) is 0. The molecule has 82 valence electrons. The van der Waals surface area contributed by atoms with E-state index in [9.17, 15) is 9.18 Å². The van der Waals surface area contributed by atoms with Crippen LogP contribution in [0.5, 0.6) is 5.75 Å². The molecule has 0 N–H and O–H groups in total. The average Bonchev–Trinajstić information content (AvgIpc) is 2.20. The molecule has 0 spiro atoms. The molecule has 1 aromatic carbocycles. The Morgan fingerprint density at radius 1 is 1.53 bits per heavy atom. The SMILES string of the molecule is CCOC(=O)COc1ccc(Br)c(F)c1. The molecule has 0 saturated heterocycles. The van der Waals surface area contributed by atoms with Crippen molar-refractivity contribution in [2.75, 3.05) is 13.2 Å². The van der Waals surface area contributed by atoms with Crippen molar-refractivity contribution >= 4 is 21.9 Å². The molecule has 0 heterocycles. The van der Waals surface area contributed by atoms with Gasteiger partial charge in [0.1, 0.15) is 11.6 Å². The van der Waals surface area contributed by atoms with Gasteiger partial charge in [0.15, 0.2) is 6.61 Å². The highest BCUT2D eigenvalue weighted by Gasteiger charge is 2.05. The first-order valence-corrected chi connectivity index (χ1v) is 5.16. The Kier molecular flexibility index (Phi) is 4.55. The Balaban J connectivity index is 2.51. The summed E-state index contributed by atoms with van der Waals surface area (Å²) in [5.41, 5.74) is 0. The highest BCUT2D eigenvalue weighted by molar-refractivity contribution is 9.10. The maximum atomic E-state index is 13.0. The number of hydrogen-bond acceptors (Lipinski definition) is 3. The first-order valence-electron chi connectivity index (χ1n) is 4.37. The molecule has 0 radical (unpaired) electrons. The molecule has 0 atom stereocenters. The highest BCUT2D eigenvalue weighted by atomic mass is 79.9. The second kappa shape index (κ2) is 5.70. The fourth-order valence-electron chi connectivity index (χ4n) is 0.912. The van der Waals surface area contributed by atoms with Crippen molar-refractivity contribution < 1.29 is 18.7 Å². The van der Waals surface area contributed by atoms with Gasteiger partial charge in [0.2, 0.25) is 0 Å². The second-order valence-corrected chi connectivity index (χ2v) is 3.52. The summed E-state index contributed by atoms with van der Waals surface area (Å²) in [6.45, 7) is 1.79. The number of ether oxygens (including phenoxy) is 2. The van der Waals surface area contributed by atoms with Crippen LogP contribution in [-0.2, 0) is 9.53 Å².